The predicted octanol–water partition coefficient (Wildman–Crippen LogP) is 2.52. The normalized spacial score (nSPS) is 12.7. The van der Waals surface area contributed by atoms with Crippen molar-refractivity contribution in [3.05, 3.63) is 17.5 Å². The molecule has 0 spiro atoms. The number of hydrogen-bond acceptors (Lipinski definition) is 3. The zero-order valence-electron chi connectivity index (χ0n) is 7.65. The van der Waals surface area contributed by atoms with Gasteiger partial charge < -0.3 is 4.74 Å². The Morgan fingerprint density at radius 2 is 1.31 bits per heavy atom. The van der Waals surface area contributed by atoms with Gasteiger partial charge in [-0.1, -0.05) is 0 Å². The molecule has 16 heavy (non-hydrogen) atoms. The second-order valence-electron chi connectivity index (χ2n) is 2.62. The minimum atomic E-state index is -4.99. The van der Waals surface area contributed by atoms with E-state index in [1.54, 1.807) is 0 Å². The fourth-order valence-corrected chi connectivity index (χ4v) is 0.807. The first kappa shape index (κ1) is 12.5. The molecule has 1 heterocycles. The van der Waals surface area contributed by atoms with Crippen molar-refractivity contribution < 1.29 is 31.1 Å². The molecule has 0 atom stereocenters. The van der Waals surface area contributed by atoms with E-state index in [0.717, 1.165) is 7.11 Å². The first-order valence-corrected chi connectivity index (χ1v) is 3.72. The van der Waals surface area contributed by atoms with Gasteiger partial charge in [-0.25, -0.2) is 0 Å². The summed E-state index contributed by atoms with van der Waals surface area (Å²) in [5, 5.41) is 0. The molecule has 0 fully saturated rings. The largest absolute Gasteiger partial charge is 0.467 e. The average molecular weight is 246 g/mol. The number of halogens is 6. The fourth-order valence-electron chi connectivity index (χ4n) is 0.807. The van der Waals surface area contributed by atoms with Gasteiger partial charge in [0.2, 0.25) is 0 Å². The number of hydrogen-bond donors (Lipinski definition) is 0. The van der Waals surface area contributed by atoms with Crippen LogP contribution in [0, 0.1) is 0 Å². The molecule has 0 radical (unpaired) electrons. The maximum atomic E-state index is 12.2. The summed E-state index contributed by atoms with van der Waals surface area (Å²) in [5.41, 5.74) is -3.40. The third-order valence-corrected chi connectivity index (χ3v) is 1.47. The van der Waals surface area contributed by atoms with E-state index in [1.165, 1.54) is 0 Å². The Labute approximate surface area is 85.1 Å². The van der Waals surface area contributed by atoms with Crippen molar-refractivity contribution >= 4 is 0 Å². The zero-order chi connectivity index (χ0) is 12.6. The number of rotatable bonds is 1. The van der Waals surface area contributed by atoms with Crippen molar-refractivity contribution in [1.82, 2.24) is 9.97 Å². The zero-order valence-corrected chi connectivity index (χ0v) is 7.65. The summed E-state index contributed by atoms with van der Waals surface area (Å²) in [6, 6.07) is -1.16. The van der Waals surface area contributed by atoms with E-state index >= 15 is 0 Å². The van der Waals surface area contributed by atoms with Crippen LogP contribution in [0.4, 0.5) is 26.3 Å². The minimum Gasteiger partial charge on any atom is -0.467 e. The lowest BCUT2D eigenvalue weighted by Gasteiger charge is -2.11. The van der Waals surface area contributed by atoms with Gasteiger partial charge in [0.05, 0.1) is 7.11 Å². The summed E-state index contributed by atoms with van der Waals surface area (Å²) in [7, 11) is 0.871. The molecule has 0 unspecified atom stereocenters. The highest BCUT2D eigenvalue weighted by molar-refractivity contribution is 5.18. The van der Waals surface area contributed by atoms with Crippen molar-refractivity contribution in [3.8, 4) is 6.01 Å². The summed E-state index contributed by atoms with van der Waals surface area (Å²) in [6.45, 7) is 0. The lowest BCUT2D eigenvalue weighted by atomic mass is 10.3. The number of ether oxygens (including phenoxy) is 1. The first-order chi connectivity index (χ1) is 7.14. The Kier molecular flexibility index (Phi) is 2.97. The summed E-state index contributed by atoms with van der Waals surface area (Å²) in [6.07, 6.45) is -9.98. The van der Waals surface area contributed by atoms with Crippen LogP contribution >= 0.6 is 0 Å². The van der Waals surface area contributed by atoms with E-state index < -0.39 is 29.8 Å². The van der Waals surface area contributed by atoms with Gasteiger partial charge in [-0.15, -0.1) is 0 Å². The van der Waals surface area contributed by atoms with Crippen LogP contribution in [0.1, 0.15) is 11.4 Å². The average Bonchev–Trinajstić information content (AvgIpc) is 2.14. The summed E-state index contributed by atoms with van der Waals surface area (Å²) in [5.74, 6) is 0. The molecule has 0 saturated carbocycles. The Hall–Kier alpha value is -1.54. The molecular formula is C7H4F6N2O. The number of aromatic nitrogens is 2. The number of methoxy groups -OCH3 is 1. The molecular weight excluding hydrogens is 242 g/mol. The van der Waals surface area contributed by atoms with E-state index in [1.807, 2.05) is 0 Å². The molecule has 3 nitrogen and oxygen atoms in total. The van der Waals surface area contributed by atoms with Crippen LogP contribution in [0.3, 0.4) is 0 Å². The van der Waals surface area contributed by atoms with Crippen LogP contribution in [0.2, 0.25) is 0 Å². The Balaban J connectivity index is 3.33. The third-order valence-electron chi connectivity index (χ3n) is 1.47. The number of alkyl halides is 6. The van der Waals surface area contributed by atoms with Gasteiger partial charge in [-0.3, -0.25) is 0 Å². The molecule has 0 aliphatic heterocycles. The fraction of sp³-hybridized carbons (Fsp3) is 0.429. The van der Waals surface area contributed by atoms with E-state index in [4.69, 9.17) is 0 Å². The van der Waals surface area contributed by atoms with Gasteiger partial charge in [-0.05, 0) is 0 Å². The molecule has 1 rings (SSSR count). The molecule has 0 aliphatic carbocycles. The quantitative estimate of drug-likeness (QED) is 0.714. The highest BCUT2D eigenvalue weighted by atomic mass is 19.4. The van der Waals surface area contributed by atoms with Crippen molar-refractivity contribution in [2.24, 2.45) is 0 Å². The maximum absolute atomic E-state index is 12.2. The second-order valence-corrected chi connectivity index (χ2v) is 2.62. The number of nitrogens with zero attached hydrogens (tertiary/aromatic N) is 2. The van der Waals surface area contributed by atoms with E-state index in [-0.39, 0.29) is 6.07 Å². The standard InChI is InChI=1S/C7H4F6N2O/c1-16-5-14-3(6(8,9)10)2-4(15-5)7(11,12)13/h2H,1H3. The molecule has 0 saturated heterocycles. The van der Waals surface area contributed by atoms with Crippen molar-refractivity contribution in [2.75, 3.05) is 7.11 Å². The van der Waals surface area contributed by atoms with Crippen LogP contribution in [0.5, 0.6) is 6.01 Å². The molecule has 0 bridgehead atoms. The topological polar surface area (TPSA) is 35.0 Å². The molecule has 90 valence electrons. The van der Waals surface area contributed by atoms with Gasteiger partial charge in [-0.2, -0.15) is 36.3 Å². The van der Waals surface area contributed by atoms with Gasteiger partial charge in [0, 0.05) is 6.07 Å². The predicted molar refractivity (Wildman–Crippen MR) is 38.6 cm³/mol. The molecule has 9 heteroatoms. The van der Waals surface area contributed by atoms with E-state index in [9.17, 15) is 26.3 Å². The maximum Gasteiger partial charge on any atom is 0.433 e. The van der Waals surface area contributed by atoms with Gasteiger partial charge in [0.1, 0.15) is 0 Å². The lowest BCUT2D eigenvalue weighted by Crippen LogP contribution is -2.15. The Bertz CT molecular complexity index is 353. The summed E-state index contributed by atoms with van der Waals surface area (Å²) in [4.78, 5) is 5.56. The van der Waals surface area contributed by atoms with Crippen LogP contribution in [0.25, 0.3) is 0 Å². The highest BCUT2D eigenvalue weighted by Crippen LogP contribution is 2.34. The molecule has 0 aliphatic rings. The van der Waals surface area contributed by atoms with Gasteiger partial charge in [0.25, 0.3) is 0 Å². The van der Waals surface area contributed by atoms with Crippen LogP contribution in [-0.4, -0.2) is 17.1 Å². The van der Waals surface area contributed by atoms with Crippen molar-refractivity contribution in [1.29, 1.82) is 0 Å². The molecule has 0 aromatic carbocycles. The van der Waals surface area contributed by atoms with Crippen LogP contribution in [-0.2, 0) is 12.4 Å². The monoisotopic (exact) mass is 246 g/mol. The SMILES string of the molecule is COc1nc(C(F)(F)F)cc(C(F)(F)F)n1. The molecule has 0 N–H and O–H groups in total. The lowest BCUT2D eigenvalue weighted by molar-refractivity contribution is -0.148. The first-order valence-electron chi connectivity index (χ1n) is 3.72. The highest BCUT2D eigenvalue weighted by Gasteiger charge is 2.39. The summed E-state index contributed by atoms with van der Waals surface area (Å²) < 4.78 is 77.1. The Morgan fingerprint density at radius 3 is 1.56 bits per heavy atom. The summed E-state index contributed by atoms with van der Waals surface area (Å²) >= 11 is 0. The van der Waals surface area contributed by atoms with Crippen molar-refractivity contribution in [2.45, 2.75) is 12.4 Å². The molecule has 1 aromatic heterocycles. The minimum absolute atomic E-state index is 0.178. The van der Waals surface area contributed by atoms with Gasteiger partial charge in [0.15, 0.2) is 11.4 Å². The molecule has 1 aromatic rings. The van der Waals surface area contributed by atoms with Crippen LogP contribution < -0.4 is 4.74 Å². The van der Waals surface area contributed by atoms with E-state index in [0.29, 0.717) is 0 Å². The van der Waals surface area contributed by atoms with Gasteiger partial charge >= 0.3 is 18.4 Å². The third kappa shape index (κ3) is 2.74. The smallest absolute Gasteiger partial charge is 0.433 e. The van der Waals surface area contributed by atoms with E-state index in [2.05, 4.69) is 14.7 Å². The Morgan fingerprint density at radius 1 is 0.938 bits per heavy atom. The molecule has 0 amide bonds. The second kappa shape index (κ2) is 3.80. The van der Waals surface area contributed by atoms with Crippen LogP contribution in [0.15, 0.2) is 6.07 Å². The van der Waals surface area contributed by atoms with Crippen molar-refractivity contribution in [3.63, 3.8) is 0 Å².